The van der Waals surface area contributed by atoms with Crippen molar-refractivity contribution in [3.05, 3.63) is 54.7 Å². The lowest BCUT2D eigenvalue weighted by Gasteiger charge is -2.04. The topological polar surface area (TPSA) is 74.0 Å². The van der Waals surface area contributed by atoms with Crippen LogP contribution < -0.4 is 5.73 Å². The molecule has 4 rings (SSSR count). The lowest BCUT2D eigenvalue weighted by molar-refractivity contribution is 0.628. The van der Waals surface area contributed by atoms with Crippen LogP contribution in [0.1, 0.15) is 0 Å². The Hall–Kier alpha value is -3.22. The molecule has 0 saturated carbocycles. The van der Waals surface area contributed by atoms with Crippen LogP contribution in [0.25, 0.3) is 28.0 Å². The van der Waals surface area contributed by atoms with Crippen LogP contribution in [0.2, 0.25) is 0 Å². The van der Waals surface area contributed by atoms with Gasteiger partial charge in [-0.05, 0) is 30.3 Å². The maximum absolute atomic E-state index is 13.2. The average molecular weight is 308 g/mol. The van der Waals surface area contributed by atoms with Gasteiger partial charge < -0.3 is 5.73 Å². The van der Waals surface area contributed by atoms with Gasteiger partial charge in [0.05, 0.1) is 6.20 Å². The Morgan fingerprint density at radius 1 is 1.09 bits per heavy atom. The van der Waals surface area contributed by atoms with Crippen LogP contribution in [0.5, 0.6) is 0 Å². The number of nitrogen functional groups attached to an aromatic ring is 1. The first-order chi connectivity index (χ1) is 11.1. The van der Waals surface area contributed by atoms with E-state index in [9.17, 15) is 4.39 Å². The molecule has 7 heteroatoms. The summed E-state index contributed by atoms with van der Waals surface area (Å²) in [5.74, 6) is 0.188. The van der Waals surface area contributed by atoms with Gasteiger partial charge in [0, 0.05) is 36.1 Å². The zero-order valence-corrected chi connectivity index (χ0v) is 12.3. The average Bonchev–Trinajstić information content (AvgIpc) is 3.12. The molecule has 0 amide bonds. The quantitative estimate of drug-likeness (QED) is 0.617. The molecule has 0 fully saturated rings. The molecular weight excluding hydrogens is 295 g/mol. The summed E-state index contributed by atoms with van der Waals surface area (Å²) in [7, 11) is 1.84. The predicted octanol–water partition coefficient (Wildman–Crippen LogP) is 2.52. The van der Waals surface area contributed by atoms with Crippen molar-refractivity contribution >= 4 is 11.5 Å². The minimum atomic E-state index is -0.279. The highest BCUT2D eigenvalue weighted by atomic mass is 19.1. The molecule has 0 atom stereocenters. The Morgan fingerprint density at radius 2 is 1.87 bits per heavy atom. The molecule has 114 valence electrons. The van der Waals surface area contributed by atoms with Crippen molar-refractivity contribution < 1.29 is 4.39 Å². The van der Waals surface area contributed by atoms with E-state index >= 15 is 0 Å². The highest BCUT2D eigenvalue weighted by Crippen LogP contribution is 2.33. The number of nitrogens with zero attached hydrogens (tertiary/aromatic N) is 5. The molecule has 3 heterocycles. The van der Waals surface area contributed by atoms with Crippen molar-refractivity contribution in [2.45, 2.75) is 0 Å². The summed E-state index contributed by atoms with van der Waals surface area (Å²) < 4.78 is 16.5. The standard InChI is InChI=1S/C16H13FN6/c1-22-9-13(15(21-22)10-2-4-11(17)5-3-10)12-6-7-20-23-14(18)8-19-16(12)23/h2-9H,18H2,1H3. The van der Waals surface area contributed by atoms with Gasteiger partial charge in [0.1, 0.15) is 17.3 Å². The van der Waals surface area contributed by atoms with Gasteiger partial charge in [0.15, 0.2) is 5.65 Å². The molecule has 1 aromatic carbocycles. The molecule has 0 aliphatic carbocycles. The summed E-state index contributed by atoms with van der Waals surface area (Å²) in [6.07, 6.45) is 5.14. The van der Waals surface area contributed by atoms with Gasteiger partial charge in [0.25, 0.3) is 0 Å². The van der Waals surface area contributed by atoms with Crippen LogP contribution in [0.15, 0.2) is 48.9 Å². The van der Waals surface area contributed by atoms with Crippen molar-refractivity contribution in [1.82, 2.24) is 24.4 Å². The van der Waals surface area contributed by atoms with E-state index in [0.29, 0.717) is 11.5 Å². The Morgan fingerprint density at radius 3 is 2.65 bits per heavy atom. The molecule has 3 aromatic heterocycles. The van der Waals surface area contributed by atoms with Gasteiger partial charge >= 0.3 is 0 Å². The minimum absolute atomic E-state index is 0.279. The first-order valence-electron chi connectivity index (χ1n) is 7.01. The third-order valence-electron chi connectivity index (χ3n) is 3.67. The number of rotatable bonds is 2. The van der Waals surface area contributed by atoms with E-state index in [1.807, 2.05) is 19.3 Å². The fraction of sp³-hybridized carbons (Fsp3) is 0.0625. The molecule has 4 aromatic rings. The normalized spacial score (nSPS) is 11.2. The Labute approximate surface area is 131 Å². The lowest BCUT2D eigenvalue weighted by Crippen LogP contribution is -1.97. The van der Waals surface area contributed by atoms with Crippen LogP contribution in [-0.4, -0.2) is 24.4 Å². The molecule has 0 unspecified atom stereocenters. The fourth-order valence-electron chi connectivity index (χ4n) is 2.63. The molecule has 0 aliphatic rings. The Kier molecular flexibility index (Phi) is 2.87. The number of nitrogens with two attached hydrogens (primary N) is 1. The number of imidazole rings is 1. The van der Waals surface area contributed by atoms with Crippen molar-refractivity contribution in [3.63, 3.8) is 0 Å². The van der Waals surface area contributed by atoms with Gasteiger partial charge in [-0.1, -0.05) is 0 Å². The molecule has 0 radical (unpaired) electrons. The zero-order valence-electron chi connectivity index (χ0n) is 12.3. The number of halogens is 1. The summed E-state index contributed by atoms with van der Waals surface area (Å²) in [6.45, 7) is 0. The van der Waals surface area contributed by atoms with Gasteiger partial charge in [-0.3, -0.25) is 4.68 Å². The smallest absolute Gasteiger partial charge is 0.163 e. The summed E-state index contributed by atoms with van der Waals surface area (Å²) in [5, 5.41) is 8.71. The monoisotopic (exact) mass is 308 g/mol. The number of aryl methyl sites for hydroxylation is 1. The first kappa shape index (κ1) is 13.4. The third kappa shape index (κ3) is 2.13. The highest BCUT2D eigenvalue weighted by Gasteiger charge is 2.16. The van der Waals surface area contributed by atoms with E-state index in [4.69, 9.17) is 5.73 Å². The minimum Gasteiger partial charge on any atom is -0.382 e. The van der Waals surface area contributed by atoms with Gasteiger partial charge in [-0.15, -0.1) is 0 Å². The van der Waals surface area contributed by atoms with Gasteiger partial charge in [-0.2, -0.15) is 14.7 Å². The Balaban J connectivity index is 1.97. The number of hydrogen-bond acceptors (Lipinski definition) is 4. The largest absolute Gasteiger partial charge is 0.382 e. The van der Waals surface area contributed by atoms with Crippen LogP contribution in [0, 0.1) is 5.82 Å². The van der Waals surface area contributed by atoms with Crippen LogP contribution in [0.4, 0.5) is 10.2 Å². The number of benzene rings is 1. The number of aromatic nitrogens is 5. The van der Waals surface area contributed by atoms with Crippen molar-refractivity contribution in [1.29, 1.82) is 0 Å². The van der Waals surface area contributed by atoms with E-state index in [1.54, 1.807) is 33.7 Å². The highest BCUT2D eigenvalue weighted by molar-refractivity contribution is 5.87. The molecule has 0 spiro atoms. The molecule has 23 heavy (non-hydrogen) atoms. The van der Waals surface area contributed by atoms with Crippen LogP contribution in [0.3, 0.4) is 0 Å². The molecule has 0 saturated heterocycles. The van der Waals surface area contributed by atoms with Crippen LogP contribution >= 0.6 is 0 Å². The predicted molar refractivity (Wildman–Crippen MR) is 85.0 cm³/mol. The van der Waals surface area contributed by atoms with E-state index in [2.05, 4.69) is 15.2 Å². The number of anilines is 1. The van der Waals surface area contributed by atoms with E-state index in [-0.39, 0.29) is 5.82 Å². The van der Waals surface area contributed by atoms with E-state index in [0.717, 1.165) is 22.4 Å². The van der Waals surface area contributed by atoms with E-state index in [1.165, 1.54) is 12.1 Å². The summed E-state index contributed by atoms with van der Waals surface area (Å²) in [5.41, 5.74) is 9.86. The molecule has 0 aliphatic heterocycles. The van der Waals surface area contributed by atoms with Crippen molar-refractivity contribution in [2.24, 2.45) is 7.05 Å². The lowest BCUT2D eigenvalue weighted by atomic mass is 10.0. The second-order valence-electron chi connectivity index (χ2n) is 5.24. The molecule has 2 N–H and O–H groups in total. The fourth-order valence-corrected chi connectivity index (χ4v) is 2.63. The second-order valence-corrected chi connectivity index (χ2v) is 5.24. The van der Waals surface area contributed by atoms with Crippen molar-refractivity contribution in [3.8, 4) is 22.4 Å². The Bertz CT molecular complexity index is 999. The summed E-state index contributed by atoms with van der Waals surface area (Å²) in [4.78, 5) is 4.33. The molecular formula is C16H13FN6. The molecule has 6 nitrogen and oxygen atoms in total. The summed E-state index contributed by atoms with van der Waals surface area (Å²) >= 11 is 0. The number of fused-ring (bicyclic) bond motifs is 1. The zero-order chi connectivity index (χ0) is 16.0. The van der Waals surface area contributed by atoms with Gasteiger partial charge in [-0.25, -0.2) is 9.37 Å². The number of hydrogen-bond donors (Lipinski definition) is 1. The third-order valence-corrected chi connectivity index (χ3v) is 3.67. The van der Waals surface area contributed by atoms with Gasteiger partial charge in [0.2, 0.25) is 0 Å². The maximum atomic E-state index is 13.2. The second kappa shape index (κ2) is 4.91. The maximum Gasteiger partial charge on any atom is 0.163 e. The van der Waals surface area contributed by atoms with Crippen LogP contribution in [-0.2, 0) is 7.05 Å². The SMILES string of the molecule is Cn1cc(-c2ccnn3c(N)cnc23)c(-c2ccc(F)cc2)n1. The summed E-state index contributed by atoms with van der Waals surface area (Å²) in [6, 6.07) is 8.12. The molecule has 0 bridgehead atoms. The van der Waals surface area contributed by atoms with Crippen molar-refractivity contribution in [2.75, 3.05) is 5.73 Å². The van der Waals surface area contributed by atoms with E-state index < -0.39 is 0 Å². The first-order valence-corrected chi connectivity index (χ1v) is 7.01.